The van der Waals surface area contributed by atoms with Crippen molar-refractivity contribution in [3.05, 3.63) is 45.8 Å². The van der Waals surface area contributed by atoms with Crippen LogP contribution in [0, 0.1) is 6.92 Å². The molecule has 3 heterocycles. The molecule has 0 radical (unpaired) electrons. The summed E-state index contributed by atoms with van der Waals surface area (Å²) >= 11 is 5.47. The van der Waals surface area contributed by atoms with Gasteiger partial charge in [-0.3, -0.25) is 4.68 Å². The van der Waals surface area contributed by atoms with E-state index in [1.165, 1.54) is 17.5 Å². The number of thioether (sulfide) groups is 1. The van der Waals surface area contributed by atoms with E-state index in [1.807, 2.05) is 23.5 Å². The summed E-state index contributed by atoms with van der Waals surface area (Å²) in [4.78, 5) is 0. The minimum Gasteiger partial charge on any atom is -0.422 e. The molecule has 8 heteroatoms. The van der Waals surface area contributed by atoms with Crippen LogP contribution in [-0.2, 0) is 7.05 Å². The largest absolute Gasteiger partial charge is 0.422 e. The average molecular weight is 420 g/mol. The number of nitrogens with zero attached hydrogens (tertiary/aromatic N) is 4. The molecule has 0 spiro atoms. The van der Waals surface area contributed by atoms with Crippen LogP contribution in [0.2, 0.25) is 0 Å². The van der Waals surface area contributed by atoms with E-state index < -0.39 is 0 Å². The van der Waals surface area contributed by atoms with Crippen molar-refractivity contribution in [2.24, 2.45) is 7.05 Å². The van der Waals surface area contributed by atoms with Gasteiger partial charge in [0.1, 0.15) is 5.82 Å². The second kappa shape index (κ2) is 6.49. The van der Waals surface area contributed by atoms with Crippen molar-refractivity contribution >= 4 is 33.5 Å². The van der Waals surface area contributed by atoms with Crippen LogP contribution in [-0.4, -0.2) is 31.8 Å². The minimum atomic E-state index is 0.149. The fraction of sp³-hybridized carbons (Fsp3) is 0.353. The average Bonchev–Trinajstić information content (AvgIpc) is 3.15. The number of anilines is 1. The Morgan fingerprint density at radius 3 is 2.96 bits per heavy atom. The first kappa shape index (κ1) is 16.7. The standard InChI is InChI=1S/C17H18BrN5OS/c1-9-6-11(18)4-5-12(9)15-13-14(17-21-19-8-24-17)22-23(3)16(13)20-10(2)7-25-15/h4-6,8,10,15,20H,7H2,1-3H3/t10-,15-/m1/s1. The van der Waals surface area contributed by atoms with Crippen LogP contribution in [0.1, 0.15) is 28.9 Å². The highest BCUT2D eigenvalue weighted by Crippen LogP contribution is 2.47. The Kier molecular flexibility index (Phi) is 4.33. The van der Waals surface area contributed by atoms with Crippen molar-refractivity contribution in [3.8, 4) is 11.6 Å². The second-order valence-electron chi connectivity index (χ2n) is 6.24. The van der Waals surface area contributed by atoms with Crippen LogP contribution in [0.25, 0.3) is 11.6 Å². The zero-order chi connectivity index (χ0) is 17.6. The smallest absolute Gasteiger partial charge is 0.268 e. The van der Waals surface area contributed by atoms with Crippen molar-refractivity contribution in [2.75, 3.05) is 11.1 Å². The van der Waals surface area contributed by atoms with Crippen LogP contribution < -0.4 is 5.32 Å². The maximum atomic E-state index is 5.46. The topological polar surface area (TPSA) is 68.8 Å². The molecule has 0 saturated heterocycles. The number of benzene rings is 1. The molecule has 0 amide bonds. The van der Waals surface area contributed by atoms with Crippen LogP contribution >= 0.6 is 27.7 Å². The lowest BCUT2D eigenvalue weighted by Crippen LogP contribution is -2.18. The molecule has 25 heavy (non-hydrogen) atoms. The van der Waals surface area contributed by atoms with E-state index in [4.69, 9.17) is 4.42 Å². The number of aryl methyl sites for hydroxylation is 2. The Balaban J connectivity index is 1.93. The molecule has 0 fully saturated rings. The molecule has 130 valence electrons. The van der Waals surface area contributed by atoms with Crippen LogP contribution in [0.3, 0.4) is 0 Å². The van der Waals surface area contributed by atoms with Gasteiger partial charge >= 0.3 is 0 Å². The zero-order valence-electron chi connectivity index (χ0n) is 14.2. The Morgan fingerprint density at radius 2 is 2.24 bits per heavy atom. The van der Waals surface area contributed by atoms with Gasteiger partial charge < -0.3 is 9.73 Å². The fourth-order valence-corrected chi connectivity index (χ4v) is 5.05. The molecular formula is C17H18BrN5OS. The van der Waals surface area contributed by atoms with Gasteiger partial charge in [0.05, 0.1) is 5.25 Å². The van der Waals surface area contributed by atoms with Crippen LogP contribution in [0.4, 0.5) is 5.82 Å². The molecule has 0 saturated carbocycles. The molecule has 3 aromatic rings. The van der Waals surface area contributed by atoms with Crippen molar-refractivity contribution in [1.29, 1.82) is 0 Å². The van der Waals surface area contributed by atoms with Crippen molar-refractivity contribution in [1.82, 2.24) is 20.0 Å². The van der Waals surface area contributed by atoms with Gasteiger partial charge in [0.25, 0.3) is 5.89 Å². The Hall–Kier alpha value is -1.80. The monoisotopic (exact) mass is 419 g/mol. The number of halogens is 1. The lowest BCUT2D eigenvalue weighted by atomic mass is 9.99. The number of hydrogen-bond acceptors (Lipinski definition) is 6. The van der Waals surface area contributed by atoms with Gasteiger partial charge in [-0.25, -0.2) is 0 Å². The SMILES string of the molecule is Cc1cc(Br)ccc1[C@H]1SC[C@@H](C)Nc2c1c(-c1nnco1)nn2C. The quantitative estimate of drug-likeness (QED) is 0.671. The van der Waals surface area contributed by atoms with Crippen molar-refractivity contribution in [2.45, 2.75) is 25.1 Å². The summed E-state index contributed by atoms with van der Waals surface area (Å²) in [7, 11) is 1.94. The minimum absolute atomic E-state index is 0.149. The summed E-state index contributed by atoms with van der Waals surface area (Å²) in [5.41, 5.74) is 4.37. The van der Waals surface area contributed by atoms with Crippen molar-refractivity contribution in [3.63, 3.8) is 0 Å². The zero-order valence-corrected chi connectivity index (χ0v) is 16.6. The van der Waals surface area contributed by atoms with Gasteiger partial charge in [-0.2, -0.15) is 5.10 Å². The highest BCUT2D eigenvalue weighted by atomic mass is 79.9. The van der Waals surface area contributed by atoms with Gasteiger partial charge in [0.15, 0.2) is 5.69 Å². The summed E-state index contributed by atoms with van der Waals surface area (Å²) in [6.45, 7) is 4.33. The van der Waals surface area contributed by atoms with E-state index >= 15 is 0 Å². The molecule has 1 aromatic carbocycles. The molecule has 1 aliphatic heterocycles. The van der Waals surface area contributed by atoms with Gasteiger partial charge in [-0.15, -0.1) is 22.0 Å². The van der Waals surface area contributed by atoms with E-state index in [2.05, 4.69) is 68.6 Å². The van der Waals surface area contributed by atoms with Crippen LogP contribution in [0.15, 0.2) is 33.5 Å². The van der Waals surface area contributed by atoms with E-state index in [1.54, 1.807) is 0 Å². The van der Waals surface area contributed by atoms with Gasteiger partial charge in [-0.1, -0.05) is 22.0 Å². The molecule has 0 bridgehead atoms. The Bertz CT molecular complexity index is 908. The molecule has 0 aliphatic carbocycles. The predicted octanol–water partition coefficient (Wildman–Crippen LogP) is 4.18. The summed E-state index contributed by atoms with van der Waals surface area (Å²) < 4.78 is 8.42. The van der Waals surface area contributed by atoms with E-state index in [0.717, 1.165) is 27.3 Å². The first-order valence-electron chi connectivity index (χ1n) is 8.02. The maximum absolute atomic E-state index is 5.46. The highest BCUT2D eigenvalue weighted by molar-refractivity contribution is 9.10. The number of fused-ring (bicyclic) bond motifs is 1. The molecule has 1 N–H and O–H groups in total. The third kappa shape index (κ3) is 2.97. The lowest BCUT2D eigenvalue weighted by molar-refractivity contribution is 0.564. The second-order valence-corrected chi connectivity index (χ2v) is 8.29. The summed E-state index contributed by atoms with van der Waals surface area (Å²) in [6, 6.07) is 6.77. The van der Waals surface area contributed by atoms with Gasteiger partial charge in [-0.05, 0) is 37.1 Å². The number of aromatic nitrogens is 4. The van der Waals surface area contributed by atoms with E-state index in [9.17, 15) is 0 Å². The summed E-state index contributed by atoms with van der Waals surface area (Å²) in [5.74, 6) is 2.46. The molecule has 0 unspecified atom stereocenters. The third-order valence-corrected chi connectivity index (χ3v) is 6.33. The molecule has 6 nitrogen and oxygen atoms in total. The fourth-order valence-electron chi connectivity index (χ4n) is 3.17. The molecular weight excluding hydrogens is 402 g/mol. The Morgan fingerprint density at radius 1 is 1.40 bits per heavy atom. The first-order chi connectivity index (χ1) is 12.0. The molecule has 1 aliphatic rings. The molecule has 2 atom stereocenters. The Labute approximate surface area is 158 Å². The highest BCUT2D eigenvalue weighted by Gasteiger charge is 2.33. The summed E-state index contributed by atoms with van der Waals surface area (Å²) in [5, 5.41) is 16.3. The predicted molar refractivity (Wildman–Crippen MR) is 103 cm³/mol. The van der Waals surface area contributed by atoms with Crippen LogP contribution in [0.5, 0.6) is 0 Å². The number of hydrogen-bond donors (Lipinski definition) is 1. The molecule has 2 aromatic heterocycles. The lowest BCUT2D eigenvalue weighted by Gasteiger charge is -2.18. The first-order valence-corrected chi connectivity index (χ1v) is 9.86. The van der Waals surface area contributed by atoms with Gasteiger partial charge in [0, 0.05) is 28.9 Å². The summed E-state index contributed by atoms with van der Waals surface area (Å²) in [6.07, 6.45) is 1.34. The normalized spacial score (nSPS) is 20.0. The third-order valence-electron chi connectivity index (χ3n) is 4.32. The number of nitrogens with one attached hydrogen (secondary N) is 1. The molecule has 4 rings (SSSR count). The van der Waals surface area contributed by atoms with Crippen molar-refractivity contribution < 1.29 is 4.42 Å². The number of rotatable bonds is 2. The van der Waals surface area contributed by atoms with Gasteiger partial charge in [0.2, 0.25) is 6.39 Å². The van der Waals surface area contributed by atoms with E-state index in [-0.39, 0.29) is 5.25 Å². The van der Waals surface area contributed by atoms with E-state index in [0.29, 0.717) is 11.9 Å². The maximum Gasteiger partial charge on any atom is 0.268 e.